The number of methoxy groups -OCH3 is 1. The van der Waals surface area contributed by atoms with Crippen molar-refractivity contribution in [3.05, 3.63) is 47.2 Å². The molecule has 1 aromatic heterocycles. The van der Waals surface area contributed by atoms with Crippen molar-refractivity contribution >= 4 is 23.4 Å². The van der Waals surface area contributed by atoms with E-state index < -0.39 is 11.9 Å². The molecule has 0 atom stereocenters. The number of aromatic nitrogens is 1. The fourth-order valence-electron chi connectivity index (χ4n) is 2.09. The summed E-state index contributed by atoms with van der Waals surface area (Å²) in [6, 6.07) is 7.18. The summed E-state index contributed by atoms with van der Waals surface area (Å²) in [7, 11) is 2.58. The number of benzene rings is 1. The number of carboxylic acids is 1. The lowest BCUT2D eigenvalue weighted by atomic mass is 10.1. The van der Waals surface area contributed by atoms with Crippen LogP contribution in [0.5, 0.6) is 5.75 Å². The zero-order valence-electron chi connectivity index (χ0n) is 14.6. The van der Waals surface area contributed by atoms with Crippen LogP contribution < -0.4 is 0 Å². The highest BCUT2D eigenvalue weighted by Crippen LogP contribution is 2.25. The fraction of sp³-hybridized carbons (Fsp3) is 0.235. The molecule has 1 aromatic carbocycles. The average molecular weight is 375 g/mol. The van der Waals surface area contributed by atoms with Gasteiger partial charge in [0.2, 0.25) is 0 Å². The summed E-state index contributed by atoms with van der Waals surface area (Å²) in [5.74, 6) is -1.78. The van der Waals surface area contributed by atoms with Crippen molar-refractivity contribution in [3.63, 3.8) is 0 Å². The van der Waals surface area contributed by atoms with Crippen molar-refractivity contribution in [1.29, 1.82) is 0 Å². The molecule has 2 rings (SSSR count). The molecule has 27 heavy (non-hydrogen) atoms. The smallest absolute Gasteiger partial charge is 0.356 e. The third-order valence-electron chi connectivity index (χ3n) is 3.28. The zero-order chi connectivity index (χ0) is 19.8. The minimum absolute atomic E-state index is 0.0147. The maximum atomic E-state index is 11.7. The Bertz CT molecular complexity index is 868. The third-order valence-corrected chi connectivity index (χ3v) is 3.28. The van der Waals surface area contributed by atoms with E-state index >= 15 is 0 Å². The van der Waals surface area contributed by atoms with Crippen molar-refractivity contribution in [2.45, 2.75) is 13.0 Å². The van der Waals surface area contributed by atoms with Crippen LogP contribution in [-0.4, -0.2) is 41.4 Å². The molecule has 10 heteroatoms. The van der Waals surface area contributed by atoms with Gasteiger partial charge in [0.05, 0.1) is 26.3 Å². The lowest BCUT2D eigenvalue weighted by Gasteiger charge is -2.05. The molecule has 0 radical (unpaired) electrons. The standard InChI is InChI=1S/C17H17N3O7/c1-25-17(24)13-5-10(9-27-26-2)6-15(18-13)20-19-12-3-4-14(21)11(7-12)8-16(22)23/h3-7,21H,8-9H2,1-2H3,(H,22,23)/b20-19+. The number of esters is 1. The van der Waals surface area contributed by atoms with Crippen molar-refractivity contribution < 1.29 is 34.3 Å². The van der Waals surface area contributed by atoms with Crippen LogP contribution in [0.15, 0.2) is 40.6 Å². The molecule has 0 aliphatic carbocycles. The van der Waals surface area contributed by atoms with Crippen molar-refractivity contribution in [2.24, 2.45) is 10.2 Å². The Morgan fingerprint density at radius 1 is 1.15 bits per heavy atom. The summed E-state index contributed by atoms with van der Waals surface area (Å²) >= 11 is 0. The van der Waals surface area contributed by atoms with Crippen LogP contribution in [0.3, 0.4) is 0 Å². The molecule has 0 aliphatic rings. The zero-order valence-corrected chi connectivity index (χ0v) is 14.6. The molecule has 0 bridgehead atoms. The predicted molar refractivity (Wildman–Crippen MR) is 91.0 cm³/mol. The molecule has 0 saturated heterocycles. The monoisotopic (exact) mass is 375 g/mol. The van der Waals surface area contributed by atoms with E-state index in [2.05, 4.69) is 24.8 Å². The van der Waals surface area contributed by atoms with Crippen LogP contribution in [0.25, 0.3) is 0 Å². The summed E-state index contributed by atoms with van der Waals surface area (Å²) in [5, 5.41) is 26.5. The van der Waals surface area contributed by atoms with Gasteiger partial charge in [-0.05, 0) is 35.9 Å². The van der Waals surface area contributed by atoms with Gasteiger partial charge in [0.25, 0.3) is 0 Å². The van der Waals surface area contributed by atoms with Crippen LogP contribution >= 0.6 is 0 Å². The molecule has 0 fully saturated rings. The lowest BCUT2D eigenvalue weighted by molar-refractivity contribution is -0.282. The molecule has 0 saturated carbocycles. The average Bonchev–Trinajstić information content (AvgIpc) is 2.65. The molecule has 1 heterocycles. The second-order valence-electron chi connectivity index (χ2n) is 5.22. The van der Waals surface area contributed by atoms with Crippen molar-refractivity contribution in [3.8, 4) is 5.75 Å². The quantitative estimate of drug-likeness (QED) is 0.311. The number of hydrogen-bond donors (Lipinski definition) is 2. The maximum Gasteiger partial charge on any atom is 0.356 e. The molecule has 2 N–H and O–H groups in total. The number of aromatic hydroxyl groups is 1. The number of nitrogens with zero attached hydrogens (tertiary/aromatic N) is 3. The lowest BCUT2D eigenvalue weighted by Crippen LogP contribution is -2.05. The molecule has 142 valence electrons. The first-order valence-corrected chi connectivity index (χ1v) is 7.63. The minimum Gasteiger partial charge on any atom is -0.508 e. The number of carbonyl (C=O) groups excluding carboxylic acids is 1. The van der Waals surface area contributed by atoms with Crippen molar-refractivity contribution in [2.75, 3.05) is 14.2 Å². The summed E-state index contributed by atoms with van der Waals surface area (Å²) in [5.41, 5.74) is 1.08. The van der Waals surface area contributed by atoms with E-state index in [4.69, 9.17) is 9.99 Å². The molecule has 10 nitrogen and oxygen atoms in total. The van der Waals surface area contributed by atoms with Gasteiger partial charge in [0, 0.05) is 5.56 Å². The molecule has 0 amide bonds. The van der Waals surface area contributed by atoms with Crippen molar-refractivity contribution in [1.82, 2.24) is 4.98 Å². The summed E-state index contributed by atoms with van der Waals surface area (Å²) in [4.78, 5) is 36.0. The second kappa shape index (κ2) is 9.36. The van der Waals surface area contributed by atoms with Gasteiger partial charge < -0.3 is 14.9 Å². The summed E-state index contributed by atoms with van der Waals surface area (Å²) in [6.45, 7) is 0.0491. The first-order valence-electron chi connectivity index (χ1n) is 7.63. The Morgan fingerprint density at radius 2 is 1.93 bits per heavy atom. The number of azo groups is 1. The van der Waals surface area contributed by atoms with Gasteiger partial charge in [-0.1, -0.05) is 0 Å². The number of rotatable bonds is 8. The van der Waals surface area contributed by atoms with Gasteiger partial charge in [-0.2, -0.15) is 0 Å². The van der Waals surface area contributed by atoms with E-state index in [1.54, 1.807) is 0 Å². The first-order chi connectivity index (χ1) is 12.9. The van der Waals surface area contributed by atoms with Gasteiger partial charge in [0.1, 0.15) is 12.4 Å². The van der Waals surface area contributed by atoms with Crippen LogP contribution in [0.2, 0.25) is 0 Å². The van der Waals surface area contributed by atoms with Crippen LogP contribution in [0.1, 0.15) is 21.6 Å². The highest BCUT2D eigenvalue weighted by molar-refractivity contribution is 5.87. The Labute approximate surface area is 154 Å². The molecular formula is C17H17N3O7. The summed E-state index contributed by atoms with van der Waals surface area (Å²) < 4.78 is 4.65. The molecular weight excluding hydrogens is 358 g/mol. The Kier molecular flexibility index (Phi) is 6.92. The highest BCUT2D eigenvalue weighted by Gasteiger charge is 2.12. The topological polar surface area (TPSA) is 140 Å². The predicted octanol–water partition coefficient (Wildman–Crippen LogP) is 2.69. The Hall–Kier alpha value is -3.37. The number of aliphatic carboxylic acids is 1. The minimum atomic E-state index is -1.09. The number of hydrogen-bond acceptors (Lipinski definition) is 9. The molecule has 0 unspecified atom stereocenters. The Morgan fingerprint density at radius 3 is 2.59 bits per heavy atom. The van der Waals surface area contributed by atoms with E-state index in [1.165, 1.54) is 44.6 Å². The van der Waals surface area contributed by atoms with E-state index in [-0.39, 0.29) is 35.9 Å². The molecule has 2 aromatic rings. The van der Waals surface area contributed by atoms with Crippen LogP contribution in [0, 0.1) is 0 Å². The number of pyridine rings is 1. The van der Waals surface area contributed by atoms with Crippen LogP contribution in [-0.2, 0) is 32.3 Å². The third kappa shape index (κ3) is 5.83. The van der Waals surface area contributed by atoms with E-state index in [0.717, 1.165) is 0 Å². The largest absolute Gasteiger partial charge is 0.508 e. The van der Waals surface area contributed by atoms with E-state index in [0.29, 0.717) is 11.3 Å². The molecule has 0 aliphatic heterocycles. The number of phenols is 1. The highest BCUT2D eigenvalue weighted by atomic mass is 17.2. The number of carboxylic acid groups (broad SMARTS) is 1. The SMILES string of the molecule is COOCc1cc(/N=N/c2ccc(O)c(CC(=O)O)c2)nc(C(=O)OC)c1. The van der Waals surface area contributed by atoms with Gasteiger partial charge in [-0.3, -0.25) is 4.79 Å². The Balaban J connectivity index is 2.32. The number of carbonyl (C=O) groups is 2. The van der Waals surface area contributed by atoms with Gasteiger partial charge >= 0.3 is 11.9 Å². The summed E-state index contributed by atoms with van der Waals surface area (Å²) in [6.07, 6.45) is -0.357. The molecule has 0 spiro atoms. The van der Waals surface area contributed by atoms with Crippen LogP contribution in [0.4, 0.5) is 11.5 Å². The second-order valence-corrected chi connectivity index (χ2v) is 5.22. The number of ether oxygens (including phenoxy) is 1. The number of phenolic OH excluding ortho intramolecular Hbond substituents is 1. The van der Waals surface area contributed by atoms with Gasteiger partial charge in [-0.25, -0.2) is 19.6 Å². The van der Waals surface area contributed by atoms with Gasteiger partial charge in [0.15, 0.2) is 11.5 Å². The van der Waals surface area contributed by atoms with E-state index in [1.807, 2.05) is 0 Å². The fourth-order valence-corrected chi connectivity index (χ4v) is 2.09. The van der Waals surface area contributed by atoms with Gasteiger partial charge in [-0.15, -0.1) is 10.2 Å². The maximum absolute atomic E-state index is 11.7. The normalized spacial score (nSPS) is 10.9. The first kappa shape index (κ1) is 19.9. The van der Waals surface area contributed by atoms with E-state index in [9.17, 15) is 14.7 Å².